The van der Waals surface area contributed by atoms with E-state index in [2.05, 4.69) is 5.43 Å². The van der Waals surface area contributed by atoms with E-state index < -0.39 is 0 Å². The van der Waals surface area contributed by atoms with Gasteiger partial charge in [0.05, 0.1) is 21.3 Å². The van der Waals surface area contributed by atoms with Crippen LogP contribution in [0.15, 0.2) is 30.3 Å². The largest absolute Gasteiger partial charge is 0.494 e. The van der Waals surface area contributed by atoms with Crippen LogP contribution in [0.5, 0.6) is 5.75 Å². The van der Waals surface area contributed by atoms with Crippen LogP contribution in [0.2, 0.25) is 8.67 Å². The third-order valence-corrected chi connectivity index (χ3v) is 4.18. The summed E-state index contributed by atoms with van der Waals surface area (Å²) in [5.41, 5.74) is 4.61. The number of nitrogens with two attached hydrogens (primary N) is 1. The first-order chi connectivity index (χ1) is 9.15. The predicted octanol–water partition coefficient (Wildman–Crippen LogP) is 4.01. The molecule has 0 bridgehead atoms. The van der Waals surface area contributed by atoms with Gasteiger partial charge in [0.25, 0.3) is 0 Å². The molecule has 1 atom stereocenters. The van der Waals surface area contributed by atoms with Crippen molar-refractivity contribution in [1.29, 1.82) is 0 Å². The monoisotopic (exact) mass is 316 g/mol. The Labute approximate surface area is 126 Å². The maximum Gasteiger partial charge on any atom is 0.119 e. The van der Waals surface area contributed by atoms with Crippen LogP contribution < -0.4 is 16.0 Å². The van der Waals surface area contributed by atoms with Gasteiger partial charge in [0.15, 0.2) is 0 Å². The number of ether oxygens (including phenoxy) is 1. The van der Waals surface area contributed by atoms with Crippen molar-refractivity contribution in [2.24, 2.45) is 5.84 Å². The predicted molar refractivity (Wildman–Crippen MR) is 81.1 cm³/mol. The topological polar surface area (TPSA) is 47.3 Å². The number of halogens is 2. The summed E-state index contributed by atoms with van der Waals surface area (Å²) in [5, 5.41) is 0. The fraction of sp³-hybridized carbons (Fsp3) is 0.231. The summed E-state index contributed by atoms with van der Waals surface area (Å²) in [6.45, 7) is 2.57. The first-order valence-electron chi connectivity index (χ1n) is 5.79. The van der Waals surface area contributed by atoms with Crippen LogP contribution in [0.1, 0.15) is 24.1 Å². The summed E-state index contributed by atoms with van der Waals surface area (Å²) in [6, 6.07) is 9.35. The molecular weight excluding hydrogens is 303 g/mol. The van der Waals surface area contributed by atoms with Gasteiger partial charge >= 0.3 is 0 Å². The number of nitrogens with one attached hydrogen (secondary N) is 1. The van der Waals surface area contributed by atoms with Crippen molar-refractivity contribution in [3.63, 3.8) is 0 Å². The molecule has 0 aliphatic rings. The molecule has 6 heteroatoms. The minimum absolute atomic E-state index is 0.211. The molecule has 1 unspecified atom stereocenters. The SMILES string of the molecule is CCOc1cccc(C(NN)c2cc(Cl)sc2Cl)c1. The fourth-order valence-electron chi connectivity index (χ4n) is 1.87. The van der Waals surface area contributed by atoms with Crippen molar-refractivity contribution in [3.05, 3.63) is 50.1 Å². The van der Waals surface area contributed by atoms with Gasteiger partial charge in [0, 0.05) is 5.56 Å². The third-order valence-electron chi connectivity index (χ3n) is 2.66. The lowest BCUT2D eigenvalue weighted by Gasteiger charge is -2.16. The van der Waals surface area contributed by atoms with Gasteiger partial charge in [0.2, 0.25) is 0 Å². The Balaban J connectivity index is 2.36. The van der Waals surface area contributed by atoms with E-state index in [0.717, 1.165) is 16.9 Å². The molecule has 0 amide bonds. The molecule has 2 aromatic rings. The second-order valence-corrected chi connectivity index (χ2v) is 6.17. The molecule has 0 saturated heterocycles. The van der Waals surface area contributed by atoms with Gasteiger partial charge in [-0.05, 0) is 30.7 Å². The average molecular weight is 317 g/mol. The molecule has 3 N–H and O–H groups in total. The van der Waals surface area contributed by atoms with Crippen molar-refractivity contribution < 1.29 is 4.74 Å². The van der Waals surface area contributed by atoms with Crippen LogP contribution in [-0.4, -0.2) is 6.61 Å². The molecule has 1 heterocycles. The summed E-state index contributed by atoms with van der Waals surface area (Å²) in [7, 11) is 0. The highest BCUT2D eigenvalue weighted by Crippen LogP contribution is 2.37. The number of thiophene rings is 1. The van der Waals surface area contributed by atoms with E-state index in [1.807, 2.05) is 37.3 Å². The quantitative estimate of drug-likeness (QED) is 0.647. The second-order valence-electron chi connectivity index (χ2n) is 3.88. The molecule has 19 heavy (non-hydrogen) atoms. The molecule has 102 valence electrons. The van der Waals surface area contributed by atoms with Crippen LogP contribution >= 0.6 is 34.5 Å². The van der Waals surface area contributed by atoms with E-state index >= 15 is 0 Å². The highest BCUT2D eigenvalue weighted by atomic mass is 35.5. The maximum absolute atomic E-state index is 6.18. The number of rotatable bonds is 5. The Morgan fingerprint density at radius 2 is 2.16 bits per heavy atom. The standard InChI is InChI=1S/C13H14Cl2N2OS/c1-2-18-9-5-3-4-8(6-9)12(17-16)10-7-11(14)19-13(10)15/h3-7,12,17H,2,16H2,1H3. The van der Waals surface area contributed by atoms with E-state index in [1.54, 1.807) is 0 Å². The van der Waals surface area contributed by atoms with E-state index in [1.165, 1.54) is 11.3 Å². The highest BCUT2D eigenvalue weighted by molar-refractivity contribution is 7.20. The summed E-state index contributed by atoms with van der Waals surface area (Å²) in [4.78, 5) is 0. The lowest BCUT2D eigenvalue weighted by Crippen LogP contribution is -2.28. The zero-order valence-electron chi connectivity index (χ0n) is 10.3. The molecule has 0 saturated carbocycles. The van der Waals surface area contributed by atoms with Crippen molar-refractivity contribution in [1.82, 2.24) is 5.43 Å². The van der Waals surface area contributed by atoms with Crippen LogP contribution in [-0.2, 0) is 0 Å². The van der Waals surface area contributed by atoms with Gasteiger partial charge in [0.1, 0.15) is 5.75 Å². The van der Waals surface area contributed by atoms with E-state index in [-0.39, 0.29) is 6.04 Å². The maximum atomic E-state index is 6.18. The molecule has 0 aliphatic carbocycles. The Morgan fingerprint density at radius 3 is 2.74 bits per heavy atom. The number of benzene rings is 1. The van der Waals surface area contributed by atoms with Crippen LogP contribution in [0, 0.1) is 0 Å². The molecule has 1 aromatic heterocycles. The summed E-state index contributed by atoms with van der Waals surface area (Å²) in [5.74, 6) is 6.45. The average Bonchev–Trinajstić information content (AvgIpc) is 2.71. The van der Waals surface area contributed by atoms with Crippen molar-refractivity contribution >= 4 is 34.5 Å². The van der Waals surface area contributed by atoms with Gasteiger partial charge in [-0.2, -0.15) is 0 Å². The Morgan fingerprint density at radius 1 is 1.37 bits per heavy atom. The smallest absolute Gasteiger partial charge is 0.119 e. The summed E-state index contributed by atoms with van der Waals surface area (Å²) >= 11 is 13.5. The Kier molecular flexibility index (Phi) is 5.07. The second kappa shape index (κ2) is 6.59. The zero-order chi connectivity index (χ0) is 13.8. The zero-order valence-corrected chi connectivity index (χ0v) is 12.6. The van der Waals surface area contributed by atoms with Crippen LogP contribution in [0.25, 0.3) is 0 Å². The first-order valence-corrected chi connectivity index (χ1v) is 7.36. The molecule has 1 aromatic carbocycles. The molecule has 3 nitrogen and oxygen atoms in total. The Bertz CT molecular complexity index is 559. The van der Waals surface area contributed by atoms with Gasteiger partial charge in [-0.15, -0.1) is 11.3 Å². The van der Waals surface area contributed by atoms with Gasteiger partial charge in [-0.25, -0.2) is 5.43 Å². The Hall–Kier alpha value is -0.780. The normalized spacial score (nSPS) is 12.4. The van der Waals surface area contributed by atoms with E-state index in [4.69, 9.17) is 33.8 Å². The molecular formula is C13H14Cl2N2OS. The van der Waals surface area contributed by atoms with E-state index in [9.17, 15) is 0 Å². The minimum Gasteiger partial charge on any atom is -0.494 e. The van der Waals surface area contributed by atoms with E-state index in [0.29, 0.717) is 15.3 Å². The minimum atomic E-state index is -0.211. The van der Waals surface area contributed by atoms with Gasteiger partial charge in [-0.1, -0.05) is 35.3 Å². The fourth-order valence-corrected chi connectivity index (χ4v) is 3.40. The van der Waals surface area contributed by atoms with Gasteiger partial charge in [-0.3, -0.25) is 5.84 Å². The molecule has 0 aliphatic heterocycles. The lowest BCUT2D eigenvalue weighted by molar-refractivity contribution is 0.339. The molecule has 2 rings (SSSR count). The third kappa shape index (κ3) is 3.41. The molecule has 0 fully saturated rings. The number of hydrazine groups is 1. The molecule has 0 spiro atoms. The molecule has 0 radical (unpaired) electrons. The van der Waals surface area contributed by atoms with Gasteiger partial charge < -0.3 is 4.74 Å². The van der Waals surface area contributed by atoms with Crippen LogP contribution in [0.4, 0.5) is 0 Å². The van der Waals surface area contributed by atoms with Crippen LogP contribution in [0.3, 0.4) is 0 Å². The highest BCUT2D eigenvalue weighted by Gasteiger charge is 2.18. The number of hydrogen-bond donors (Lipinski definition) is 2. The van der Waals surface area contributed by atoms with Crippen molar-refractivity contribution in [2.45, 2.75) is 13.0 Å². The summed E-state index contributed by atoms with van der Waals surface area (Å²) < 4.78 is 6.76. The summed E-state index contributed by atoms with van der Waals surface area (Å²) in [6.07, 6.45) is 0. The first kappa shape index (κ1) is 14.6. The number of hydrogen-bond acceptors (Lipinski definition) is 4. The lowest BCUT2D eigenvalue weighted by atomic mass is 10.0. The van der Waals surface area contributed by atoms with Crippen molar-refractivity contribution in [2.75, 3.05) is 6.61 Å². The van der Waals surface area contributed by atoms with Crippen molar-refractivity contribution in [3.8, 4) is 5.75 Å².